The van der Waals surface area contributed by atoms with Crippen LogP contribution in [0.3, 0.4) is 0 Å². The number of rotatable bonds is 4. The minimum atomic E-state index is -4.95. The lowest BCUT2D eigenvalue weighted by atomic mass is 9.78. The van der Waals surface area contributed by atoms with E-state index in [1.165, 1.54) is 13.1 Å². The SMILES string of the molecule is CNC(=O)[C@@H]1C[C@@H](O)C[N+]1(C)C1(c2cccc3c2OCO3)C(=O)Nc2ccc(OC(F)(F)F)cc21. The molecule has 1 saturated heterocycles. The molecule has 35 heavy (non-hydrogen) atoms. The standard InChI is InChI=1S/C23H22F3N3O6/c1-27-20(31)17-8-12(30)10-29(17,2)22(14-4-3-5-18-19(14)34-11-33-18)15-9-13(35-23(24,25)26)6-7-16(15)28-21(22)32/h3-7,9,12,17,30H,8,10-11H2,1-2H3,(H-,27,28,31,32)/p+1/t12-,17+,22?,29?/m1/s1. The molecule has 1 fully saturated rings. The Morgan fingerprint density at radius 2 is 2.03 bits per heavy atom. The fourth-order valence-electron chi connectivity index (χ4n) is 5.76. The van der Waals surface area contributed by atoms with E-state index in [0.29, 0.717) is 11.3 Å². The highest BCUT2D eigenvalue weighted by molar-refractivity contribution is 6.08. The average Bonchev–Trinajstić information content (AvgIpc) is 3.46. The van der Waals surface area contributed by atoms with E-state index in [0.717, 1.165) is 12.1 Å². The quantitative estimate of drug-likeness (QED) is 0.561. The van der Waals surface area contributed by atoms with Gasteiger partial charge in [0.05, 0.1) is 23.9 Å². The molecule has 12 heteroatoms. The Hall–Kier alpha value is -3.51. The zero-order valence-electron chi connectivity index (χ0n) is 18.8. The molecule has 2 amide bonds. The average molecular weight is 494 g/mol. The molecule has 0 spiro atoms. The first-order chi connectivity index (χ1) is 16.5. The maximum atomic E-state index is 14.0. The first-order valence-corrected chi connectivity index (χ1v) is 10.9. The van der Waals surface area contributed by atoms with E-state index in [1.807, 2.05) is 0 Å². The Bertz CT molecular complexity index is 1220. The molecule has 3 aliphatic rings. The van der Waals surface area contributed by atoms with Gasteiger partial charge in [-0.3, -0.25) is 14.1 Å². The summed E-state index contributed by atoms with van der Waals surface area (Å²) in [4.78, 5) is 27.0. The third-order valence-electron chi connectivity index (χ3n) is 7.07. The number of likely N-dealkylation sites (N-methyl/N-ethyl adjacent to an activating group) is 2. The van der Waals surface area contributed by atoms with Gasteiger partial charge in [-0.25, -0.2) is 0 Å². The van der Waals surface area contributed by atoms with Crippen LogP contribution in [0.4, 0.5) is 18.9 Å². The number of para-hydroxylation sites is 1. The minimum Gasteiger partial charge on any atom is -0.454 e. The Morgan fingerprint density at radius 3 is 2.74 bits per heavy atom. The van der Waals surface area contributed by atoms with Crippen LogP contribution >= 0.6 is 0 Å². The van der Waals surface area contributed by atoms with Crippen molar-refractivity contribution < 1.29 is 46.6 Å². The second kappa shape index (κ2) is 7.75. The summed E-state index contributed by atoms with van der Waals surface area (Å²) < 4.78 is 54.3. The zero-order valence-corrected chi connectivity index (χ0v) is 18.8. The lowest BCUT2D eigenvalue weighted by Gasteiger charge is -2.48. The molecular weight excluding hydrogens is 471 g/mol. The topological polar surface area (TPSA) is 106 Å². The van der Waals surface area contributed by atoms with Crippen molar-refractivity contribution in [3.05, 3.63) is 47.5 Å². The van der Waals surface area contributed by atoms with Crippen LogP contribution in [0.2, 0.25) is 0 Å². The van der Waals surface area contributed by atoms with Crippen molar-refractivity contribution in [2.45, 2.75) is 30.5 Å². The number of amides is 2. The lowest BCUT2D eigenvalue weighted by Crippen LogP contribution is -2.68. The number of hydrogen-bond acceptors (Lipinski definition) is 6. The van der Waals surface area contributed by atoms with E-state index < -0.39 is 41.6 Å². The highest BCUT2D eigenvalue weighted by Gasteiger charge is 2.69. The zero-order chi connectivity index (χ0) is 25.2. The largest absolute Gasteiger partial charge is 0.573 e. The lowest BCUT2D eigenvalue weighted by molar-refractivity contribution is -0.953. The Kier molecular flexibility index (Phi) is 5.15. The number of nitrogens with zero attached hydrogens (tertiary/aromatic N) is 1. The van der Waals surface area contributed by atoms with Gasteiger partial charge in [-0.2, -0.15) is 0 Å². The number of fused-ring (bicyclic) bond motifs is 2. The van der Waals surface area contributed by atoms with Gasteiger partial charge in [0.15, 0.2) is 17.5 Å². The molecule has 0 bridgehead atoms. The summed E-state index contributed by atoms with van der Waals surface area (Å²) in [5, 5.41) is 16.0. The molecule has 2 aromatic rings. The number of nitrogens with one attached hydrogen (secondary N) is 2. The molecule has 3 aliphatic heterocycles. The summed E-state index contributed by atoms with van der Waals surface area (Å²) in [6, 6.07) is 7.57. The van der Waals surface area contributed by atoms with E-state index in [2.05, 4.69) is 15.4 Å². The highest BCUT2D eigenvalue weighted by Crippen LogP contribution is 2.57. The van der Waals surface area contributed by atoms with Gasteiger partial charge in [0.25, 0.3) is 11.8 Å². The summed E-state index contributed by atoms with van der Waals surface area (Å²) in [5.41, 5.74) is -1.04. The van der Waals surface area contributed by atoms with Gasteiger partial charge in [-0.05, 0) is 30.3 Å². The van der Waals surface area contributed by atoms with Crippen molar-refractivity contribution in [1.82, 2.24) is 5.32 Å². The molecule has 3 N–H and O–H groups in total. The number of alkyl halides is 3. The van der Waals surface area contributed by atoms with Crippen molar-refractivity contribution in [1.29, 1.82) is 0 Å². The van der Waals surface area contributed by atoms with Gasteiger partial charge in [-0.1, -0.05) is 6.07 Å². The van der Waals surface area contributed by atoms with E-state index in [1.54, 1.807) is 25.2 Å². The Labute approximate surface area is 198 Å². The molecule has 0 aromatic heterocycles. The van der Waals surface area contributed by atoms with Crippen LogP contribution in [0.1, 0.15) is 17.5 Å². The minimum absolute atomic E-state index is 0.0279. The van der Waals surface area contributed by atoms with Crippen LogP contribution in [0.25, 0.3) is 0 Å². The molecule has 5 rings (SSSR count). The second-order valence-corrected chi connectivity index (χ2v) is 8.93. The number of quaternary nitrogens is 1. The maximum absolute atomic E-state index is 14.0. The molecule has 0 radical (unpaired) electrons. The van der Waals surface area contributed by atoms with Crippen molar-refractivity contribution in [2.24, 2.45) is 0 Å². The maximum Gasteiger partial charge on any atom is 0.573 e. The normalized spacial score (nSPS) is 29.0. The van der Waals surface area contributed by atoms with Crippen molar-refractivity contribution >= 4 is 17.5 Å². The second-order valence-electron chi connectivity index (χ2n) is 8.93. The first kappa shape index (κ1) is 23.2. The fourth-order valence-corrected chi connectivity index (χ4v) is 5.76. The third-order valence-corrected chi connectivity index (χ3v) is 7.07. The van der Waals surface area contributed by atoms with Gasteiger partial charge in [-0.15, -0.1) is 13.2 Å². The molecule has 9 nitrogen and oxygen atoms in total. The van der Waals surface area contributed by atoms with Gasteiger partial charge >= 0.3 is 6.36 Å². The summed E-state index contributed by atoms with van der Waals surface area (Å²) in [7, 11) is 3.08. The van der Waals surface area contributed by atoms with Gasteiger partial charge in [0.2, 0.25) is 12.3 Å². The number of aliphatic hydroxyl groups excluding tert-OH is 1. The highest BCUT2D eigenvalue weighted by atomic mass is 19.4. The summed E-state index contributed by atoms with van der Waals surface area (Å²) in [5.74, 6) is -0.921. The number of anilines is 1. The van der Waals surface area contributed by atoms with E-state index in [4.69, 9.17) is 9.47 Å². The number of likely N-dealkylation sites (tertiary alicyclic amines) is 1. The van der Waals surface area contributed by atoms with Gasteiger partial charge < -0.3 is 30.0 Å². The van der Waals surface area contributed by atoms with Crippen molar-refractivity contribution in [3.8, 4) is 17.2 Å². The van der Waals surface area contributed by atoms with Gasteiger partial charge in [0, 0.05) is 13.5 Å². The van der Waals surface area contributed by atoms with Crippen LogP contribution in [0.5, 0.6) is 17.2 Å². The predicted octanol–water partition coefficient (Wildman–Crippen LogP) is 1.84. The smallest absolute Gasteiger partial charge is 0.454 e. The number of carbonyl (C=O) groups excluding carboxylic acids is 2. The predicted molar refractivity (Wildman–Crippen MR) is 115 cm³/mol. The summed E-state index contributed by atoms with van der Waals surface area (Å²) in [6.07, 6.45) is -5.85. The van der Waals surface area contributed by atoms with Gasteiger partial charge in [0.1, 0.15) is 18.4 Å². The van der Waals surface area contributed by atoms with Crippen LogP contribution in [0.15, 0.2) is 36.4 Å². The number of aliphatic hydroxyl groups is 1. The number of halogens is 3. The Morgan fingerprint density at radius 1 is 1.26 bits per heavy atom. The summed E-state index contributed by atoms with van der Waals surface area (Å²) >= 11 is 0. The first-order valence-electron chi connectivity index (χ1n) is 10.9. The van der Waals surface area contributed by atoms with Crippen molar-refractivity contribution in [2.75, 3.05) is 32.7 Å². The molecule has 4 atom stereocenters. The molecule has 3 heterocycles. The van der Waals surface area contributed by atoms with Crippen LogP contribution < -0.4 is 24.8 Å². The molecule has 0 saturated carbocycles. The molecule has 186 valence electrons. The van der Waals surface area contributed by atoms with Crippen LogP contribution in [0, 0.1) is 0 Å². The monoisotopic (exact) mass is 494 g/mol. The van der Waals surface area contributed by atoms with Crippen LogP contribution in [-0.4, -0.2) is 67.3 Å². The number of benzene rings is 2. The molecule has 0 aliphatic carbocycles. The molecular formula is C23H23F3N3O6+. The molecule has 2 unspecified atom stereocenters. The summed E-state index contributed by atoms with van der Waals surface area (Å²) in [6.45, 7) is -0.140. The molecule has 2 aromatic carbocycles. The number of ether oxygens (including phenoxy) is 3. The van der Waals surface area contributed by atoms with Crippen LogP contribution in [-0.2, 0) is 15.1 Å². The van der Waals surface area contributed by atoms with E-state index in [9.17, 15) is 27.9 Å². The van der Waals surface area contributed by atoms with E-state index >= 15 is 0 Å². The number of hydrogen-bond donors (Lipinski definition) is 3. The van der Waals surface area contributed by atoms with Crippen molar-refractivity contribution in [3.63, 3.8) is 0 Å². The fraction of sp³-hybridized carbons (Fsp3) is 0.391. The van der Waals surface area contributed by atoms with E-state index in [-0.39, 0.29) is 41.2 Å². The third kappa shape index (κ3) is 3.31. The number of carbonyl (C=O) groups is 2. The Balaban J connectivity index is 1.83.